The maximum atomic E-state index is 13.7. The minimum Gasteiger partial charge on any atom is -0.471 e. The van der Waals surface area contributed by atoms with Crippen LogP contribution in [-0.4, -0.2) is 40.3 Å². The summed E-state index contributed by atoms with van der Waals surface area (Å²) < 4.78 is 20.1. The standard InChI is InChI=1S/C29H40FN3O3/c1-18-11-20(7-8-23(18)30)13-24(33-19(2)34)26(35)17-31-25-15-29(9-6-10-29)36-27-22(25)12-21(16-32-27)14-28(3,4)5/h7-8,11-12,16,24-26,31,35H,6,9-10,13-15,17H2,1-5H3,(H,33,34)/t24-,25-,26-/m0/s1. The van der Waals surface area contributed by atoms with E-state index < -0.39 is 12.1 Å². The van der Waals surface area contributed by atoms with Crippen LogP contribution in [0.4, 0.5) is 4.39 Å². The molecule has 0 saturated heterocycles. The Kier molecular flexibility index (Phi) is 7.72. The number of nitrogens with one attached hydrogen (secondary N) is 2. The number of aromatic nitrogens is 1. The van der Waals surface area contributed by atoms with E-state index in [1.807, 2.05) is 6.20 Å². The summed E-state index contributed by atoms with van der Waals surface area (Å²) in [4.78, 5) is 16.6. The molecule has 2 aromatic rings. The van der Waals surface area contributed by atoms with Gasteiger partial charge in [0, 0.05) is 37.7 Å². The fourth-order valence-electron chi connectivity index (χ4n) is 5.38. The number of amides is 1. The molecule has 196 valence electrons. The maximum absolute atomic E-state index is 13.7. The number of hydrogen-bond acceptors (Lipinski definition) is 5. The molecule has 1 fully saturated rings. The molecule has 1 spiro atoms. The first-order valence-corrected chi connectivity index (χ1v) is 13.0. The molecule has 3 N–H and O–H groups in total. The zero-order chi connectivity index (χ0) is 26.1. The molecular weight excluding hydrogens is 457 g/mol. The van der Waals surface area contributed by atoms with E-state index in [0.717, 1.165) is 43.2 Å². The van der Waals surface area contributed by atoms with Crippen molar-refractivity contribution < 1.29 is 19.0 Å². The average molecular weight is 498 g/mol. The lowest BCUT2D eigenvalue weighted by molar-refractivity contribution is -0.120. The van der Waals surface area contributed by atoms with Crippen LogP contribution in [0.15, 0.2) is 30.5 Å². The van der Waals surface area contributed by atoms with Gasteiger partial charge in [-0.05, 0) is 73.3 Å². The van der Waals surface area contributed by atoms with Gasteiger partial charge in [-0.3, -0.25) is 4.79 Å². The van der Waals surface area contributed by atoms with Crippen LogP contribution in [0.25, 0.3) is 0 Å². The number of halogens is 1. The fourth-order valence-corrected chi connectivity index (χ4v) is 5.38. The third-order valence-corrected chi connectivity index (χ3v) is 7.30. The largest absolute Gasteiger partial charge is 0.471 e. The van der Waals surface area contributed by atoms with Crippen molar-refractivity contribution in [2.24, 2.45) is 5.41 Å². The van der Waals surface area contributed by atoms with E-state index in [1.54, 1.807) is 19.1 Å². The van der Waals surface area contributed by atoms with Gasteiger partial charge in [0.05, 0.1) is 12.1 Å². The van der Waals surface area contributed by atoms with E-state index in [0.29, 0.717) is 24.4 Å². The van der Waals surface area contributed by atoms with Gasteiger partial charge in [-0.25, -0.2) is 9.37 Å². The third-order valence-electron chi connectivity index (χ3n) is 7.30. The summed E-state index contributed by atoms with van der Waals surface area (Å²) in [6.45, 7) is 10.1. The van der Waals surface area contributed by atoms with Gasteiger partial charge in [0.25, 0.3) is 0 Å². The predicted molar refractivity (Wildman–Crippen MR) is 138 cm³/mol. The van der Waals surface area contributed by atoms with E-state index >= 15 is 0 Å². The second-order valence-electron chi connectivity index (χ2n) is 11.9. The Morgan fingerprint density at radius 2 is 2.03 bits per heavy atom. The summed E-state index contributed by atoms with van der Waals surface area (Å²) in [5.74, 6) is 0.212. The first kappa shape index (κ1) is 26.6. The highest BCUT2D eigenvalue weighted by Gasteiger charge is 2.46. The number of pyridine rings is 1. The summed E-state index contributed by atoms with van der Waals surface area (Å²) in [6, 6.07) is 6.59. The molecule has 0 unspecified atom stereocenters. The minimum atomic E-state index is -0.825. The molecule has 3 atom stereocenters. The summed E-state index contributed by atoms with van der Waals surface area (Å²) in [6.07, 6.45) is 6.42. The maximum Gasteiger partial charge on any atom is 0.218 e. The Morgan fingerprint density at radius 1 is 1.28 bits per heavy atom. The summed E-state index contributed by atoms with van der Waals surface area (Å²) >= 11 is 0. The van der Waals surface area contributed by atoms with Crippen LogP contribution in [0.3, 0.4) is 0 Å². The Balaban J connectivity index is 1.50. The first-order valence-electron chi connectivity index (χ1n) is 13.0. The molecule has 1 aliphatic heterocycles. The van der Waals surface area contributed by atoms with Crippen molar-refractivity contribution in [1.29, 1.82) is 0 Å². The van der Waals surface area contributed by atoms with Crippen LogP contribution < -0.4 is 15.4 Å². The number of benzene rings is 1. The lowest BCUT2D eigenvalue weighted by atomic mass is 9.73. The summed E-state index contributed by atoms with van der Waals surface area (Å²) in [5.41, 5.74) is 3.58. The monoisotopic (exact) mass is 497 g/mol. The van der Waals surface area contributed by atoms with E-state index in [9.17, 15) is 14.3 Å². The Labute approximate surface area is 214 Å². The average Bonchev–Trinajstić information content (AvgIpc) is 2.76. The summed E-state index contributed by atoms with van der Waals surface area (Å²) in [7, 11) is 0. The molecule has 7 heteroatoms. The van der Waals surface area contributed by atoms with Gasteiger partial charge in [-0.1, -0.05) is 32.9 Å². The molecule has 6 nitrogen and oxygen atoms in total. The third kappa shape index (κ3) is 6.43. The second kappa shape index (κ2) is 10.5. The van der Waals surface area contributed by atoms with E-state index in [-0.39, 0.29) is 28.8 Å². The highest BCUT2D eigenvalue weighted by molar-refractivity contribution is 5.73. The number of ether oxygens (including phenoxy) is 1. The second-order valence-corrected chi connectivity index (χ2v) is 11.9. The van der Waals surface area contributed by atoms with Gasteiger partial charge < -0.3 is 20.5 Å². The lowest BCUT2D eigenvalue weighted by Gasteiger charge is -2.47. The van der Waals surface area contributed by atoms with Crippen molar-refractivity contribution in [1.82, 2.24) is 15.6 Å². The smallest absolute Gasteiger partial charge is 0.218 e. The molecular formula is C29H40FN3O3. The van der Waals surface area contributed by atoms with Gasteiger partial charge in [-0.2, -0.15) is 0 Å². The zero-order valence-electron chi connectivity index (χ0n) is 22.2. The molecule has 36 heavy (non-hydrogen) atoms. The van der Waals surface area contributed by atoms with Gasteiger partial charge >= 0.3 is 0 Å². The van der Waals surface area contributed by atoms with Gasteiger partial charge in [0.1, 0.15) is 11.4 Å². The Hall–Kier alpha value is -2.51. The molecule has 0 radical (unpaired) electrons. The van der Waals surface area contributed by atoms with Crippen molar-refractivity contribution in [3.63, 3.8) is 0 Å². The summed E-state index contributed by atoms with van der Waals surface area (Å²) in [5, 5.41) is 17.6. The fraction of sp³-hybridized carbons (Fsp3) is 0.586. The van der Waals surface area contributed by atoms with Crippen LogP contribution in [0.5, 0.6) is 5.88 Å². The Morgan fingerprint density at radius 3 is 2.64 bits per heavy atom. The van der Waals surface area contributed by atoms with Crippen LogP contribution in [0.2, 0.25) is 0 Å². The molecule has 1 amide bonds. The van der Waals surface area contributed by atoms with Crippen LogP contribution in [-0.2, 0) is 17.6 Å². The molecule has 0 bridgehead atoms. The Bertz CT molecular complexity index is 1090. The van der Waals surface area contributed by atoms with E-state index in [1.165, 1.54) is 18.6 Å². The molecule has 2 aliphatic rings. The number of carbonyl (C=O) groups excluding carboxylic acids is 1. The van der Waals surface area contributed by atoms with Crippen molar-refractivity contribution in [2.75, 3.05) is 6.54 Å². The number of fused-ring (bicyclic) bond motifs is 1. The van der Waals surface area contributed by atoms with Gasteiger partial charge in [0.2, 0.25) is 11.8 Å². The molecule has 1 aromatic carbocycles. The number of aryl methyl sites for hydroxylation is 1. The highest BCUT2D eigenvalue weighted by atomic mass is 19.1. The predicted octanol–water partition coefficient (Wildman–Crippen LogP) is 4.56. The van der Waals surface area contributed by atoms with Crippen LogP contribution >= 0.6 is 0 Å². The highest BCUT2D eigenvalue weighted by Crippen LogP contribution is 2.48. The molecule has 4 rings (SSSR count). The number of nitrogens with zero attached hydrogens (tertiary/aromatic N) is 1. The van der Waals surface area contributed by atoms with E-state index in [2.05, 4.69) is 37.5 Å². The SMILES string of the molecule is CC(=O)N[C@@H](Cc1ccc(F)c(C)c1)[C@@H](O)CN[C@H]1CC2(CCC2)Oc2ncc(CC(C)(C)C)cc21. The number of aliphatic hydroxyl groups is 1. The first-order chi connectivity index (χ1) is 16.9. The molecule has 1 aliphatic carbocycles. The topological polar surface area (TPSA) is 83.5 Å². The number of hydrogen-bond donors (Lipinski definition) is 3. The zero-order valence-corrected chi connectivity index (χ0v) is 22.2. The van der Waals surface area contributed by atoms with Crippen molar-refractivity contribution in [2.45, 2.75) is 96.9 Å². The van der Waals surface area contributed by atoms with Crippen molar-refractivity contribution in [3.8, 4) is 5.88 Å². The van der Waals surface area contributed by atoms with Crippen LogP contribution in [0.1, 0.15) is 81.7 Å². The van der Waals surface area contributed by atoms with Crippen LogP contribution in [0, 0.1) is 18.2 Å². The normalized spacial score (nSPS) is 20.1. The number of carbonyl (C=O) groups is 1. The van der Waals surface area contributed by atoms with Gasteiger partial charge in [0.15, 0.2) is 0 Å². The quantitative estimate of drug-likeness (QED) is 0.498. The molecule has 2 heterocycles. The number of rotatable bonds is 8. The van der Waals surface area contributed by atoms with Crippen molar-refractivity contribution in [3.05, 3.63) is 58.5 Å². The van der Waals surface area contributed by atoms with E-state index in [4.69, 9.17) is 9.72 Å². The minimum absolute atomic E-state index is 0.00200. The molecule has 1 saturated carbocycles. The van der Waals surface area contributed by atoms with Crippen molar-refractivity contribution >= 4 is 5.91 Å². The number of aliphatic hydroxyl groups excluding tert-OH is 1. The molecule has 1 aromatic heterocycles. The lowest BCUT2D eigenvalue weighted by Crippen LogP contribution is -2.52. The van der Waals surface area contributed by atoms with Gasteiger partial charge in [-0.15, -0.1) is 0 Å².